The Bertz CT molecular complexity index is 537. The van der Waals surface area contributed by atoms with E-state index < -0.39 is 0 Å². The molecule has 2 heterocycles. The van der Waals surface area contributed by atoms with Crippen LogP contribution in [0.4, 0.5) is 11.8 Å². The van der Waals surface area contributed by atoms with Crippen LogP contribution in [-0.4, -0.2) is 34.6 Å². The van der Waals surface area contributed by atoms with E-state index in [9.17, 15) is 0 Å². The number of hydrogen-bond donors (Lipinski definition) is 1. The van der Waals surface area contributed by atoms with Crippen LogP contribution >= 0.6 is 11.8 Å². The van der Waals surface area contributed by atoms with E-state index in [2.05, 4.69) is 20.9 Å². The normalized spacial score (nSPS) is 16.4. The summed E-state index contributed by atoms with van der Waals surface area (Å²) >= 11 is 1.99. The van der Waals surface area contributed by atoms with Gasteiger partial charge in [-0.25, -0.2) is 4.98 Å². The lowest BCUT2D eigenvalue weighted by atomic mass is 10.2. The third-order valence-electron chi connectivity index (χ3n) is 2.91. The van der Waals surface area contributed by atoms with E-state index in [1.54, 1.807) is 0 Å². The molecule has 0 radical (unpaired) electrons. The molecule has 1 aliphatic rings. The van der Waals surface area contributed by atoms with Crippen molar-refractivity contribution in [1.82, 2.24) is 9.97 Å². The van der Waals surface area contributed by atoms with Gasteiger partial charge in [0.25, 0.3) is 0 Å². The van der Waals surface area contributed by atoms with Gasteiger partial charge in [-0.2, -0.15) is 16.7 Å². The maximum absolute atomic E-state index is 5.78. The largest absolute Gasteiger partial charge is 0.368 e. The van der Waals surface area contributed by atoms with Crippen molar-refractivity contribution in [2.24, 2.45) is 0 Å². The molecular formula is C12H14N4S. The molecule has 2 aromatic rings. The van der Waals surface area contributed by atoms with Crippen molar-refractivity contribution in [3.8, 4) is 0 Å². The Labute approximate surface area is 104 Å². The first-order chi connectivity index (χ1) is 8.34. The van der Waals surface area contributed by atoms with Crippen LogP contribution in [0.2, 0.25) is 0 Å². The molecule has 5 heteroatoms. The zero-order chi connectivity index (χ0) is 11.7. The molecule has 1 aliphatic heterocycles. The van der Waals surface area contributed by atoms with Crippen molar-refractivity contribution >= 4 is 34.4 Å². The van der Waals surface area contributed by atoms with Gasteiger partial charge in [-0.3, -0.25) is 0 Å². The van der Waals surface area contributed by atoms with Crippen LogP contribution in [0.3, 0.4) is 0 Å². The second-order valence-corrected chi connectivity index (χ2v) is 5.25. The third-order valence-corrected chi connectivity index (χ3v) is 3.85. The summed E-state index contributed by atoms with van der Waals surface area (Å²) in [7, 11) is 0. The van der Waals surface area contributed by atoms with Crippen molar-refractivity contribution in [1.29, 1.82) is 0 Å². The average Bonchev–Trinajstić information content (AvgIpc) is 2.39. The van der Waals surface area contributed by atoms with Gasteiger partial charge in [0.2, 0.25) is 5.95 Å². The van der Waals surface area contributed by atoms with Crippen LogP contribution in [0.25, 0.3) is 10.9 Å². The smallest absolute Gasteiger partial charge is 0.222 e. The molecule has 2 N–H and O–H groups in total. The Balaban J connectivity index is 2.13. The monoisotopic (exact) mass is 246 g/mol. The summed E-state index contributed by atoms with van der Waals surface area (Å²) in [5, 5.41) is 1.09. The molecular weight excluding hydrogens is 232 g/mol. The average molecular weight is 246 g/mol. The van der Waals surface area contributed by atoms with Crippen LogP contribution in [0.5, 0.6) is 0 Å². The van der Waals surface area contributed by atoms with Gasteiger partial charge in [0.05, 0.1) is 5.52 Å². The highest BCUT2D eigenvalue weighted by molar-refractivity contribution is 7.99. The quantitative estimate of drug-likeness (QED) is 0.831. The van der Waals surface area contributed by atoms with E-state index in [0.29, 0.717) is 5.95 Å². The van der Waals surface area contributed by atoms with E-state index in [0.717, 1.165) is 41.3 Å². The lowest BCUT2D eigenvalue weighted by Gasteiger charge is -2.28. The van der Waals surface area contributed by atoms with Crippen molar-refractivity contribution in [2.45, 2.75) is 0 Å². The first kappa shape index (κ1) is 10.7. The Morgan fingerprint density at radius 3 is 2.71 bits per heavy atom. The number of nitrogen functional groups attached to an aromatic ring is 1. The van der Waals surface area contributed by atoms with E-state index >= 15 is 0 Å². The van der Waals surface area contributed by atoms with E-state index in [-0.39, 0.29) is 0 Å². The Morgan fingerprint density at radius 2 is 1.88 bits per heavy atom. The number of hydrogen-bond acceptors (Lipinski definition) is 5. The minimum absolute atomic E-state index is 0.358. The molecule has 1 aromatic carbocycles. The minimum atomic E-state index is 0.358. The molecule has 0 atom stereocenters. The molecule has 0 saturated carbocycles. The lowest BCUT2D eigenvalue weighted by molar-refractivity contribution is 0.843. The van der Waals surface area contributed by atoms with Gasteiger partial charge in [-0.1, -0.05) is 12.1 Å². The Hall–Kier alpha value is -1.49. The van der Waals surface area contributed by atoms with Gasteiger partial charge in [0.15, 0.2) is 0 Å². The van der Waals surface area contributed by atoms with Gasteiger partial charge < -0.3 is 10.6 Å². The van der Waals surface area contributed by atoms with Gasteiger partial charge in [0, 0.05) is 30.0 Å². The fourth-order valence-corrected chi connectivity index (χ4v) is 3.00. The summed E-state index contributed by atoms with van der Waals surface area (Å²) in [5.41, 5.74) is 6.70. The summed E-state index contributed by atoms with van der Waals surface area (Å²) in [5.74, 6) is 3.64. The Morgan fingerprint density at radius 1 is 1.12 bits per heavy atom. The number of aromatic nitrogens is 2. The zero-order valence-corrected chi connectivity index (χ0v) is 10.3. The summed E-state index contributed by atoms with van der Waals surface area (Å²) in [4.78, 5) is 11.0. The predicted molar refractivity (Wildman–Crippen MR) is 73.5 cm³/mol. The second-order valence-electron chi connectivity index (χ2n) is 4.02. The first-order valence-corrected chi connectivity index (χ1v) is 6.85. The molecule has 88 valence electrons. The van der Waals surface area contributed by atoms with Crippen molar-refractivity contribution < 1.29 is 0 Å². The van der Waals surface area contributed by atoms with E-state index in [1.807, 2.05) is 30.0 Å². The van der Waals surface area contributed by atoms with Crippen LogP contribution in [0.15, 0.2) is 24.3 Å². The highest BCUT2D eigenvalue weighted by atomic mass is 32.2. The van der Waals surface area contributed by atoms with Crippen molar-refractivity contribution in [3.63, 3.8) is 0 Å². The molecule has 1 aromatic heterocycles. The molecule has 0 bridgehead atoms. The third kappa shape index (κ3) is 2.02. The second kappa shape index (κ2) is 4.41. The molecule has 17 heavy (non-hydrogen) atoms. The summed E-state index contributed by atoms with van der Waals surface area (Å²) < 4.78 is 0. The number of nitrogens with two attached hydrogens (primary N) is 1. The lowest BCUT2D eigenvalue weighted by Crippen LogP contribution is -2.33. The van der Waals surface area contributed by atoms with Crippen LogP contribution in [0.1, 0.15) is 0 Å². The summed E-state index contributed by atoms with van der Waals surface area (Å²) in [6.07, 6.45) is 0. The number of thioether (sulfide) groups is 1. The topological polar surface area (TPSA) is 55.0 Å². The van der Waals surface area contributed by atoms with Crippen LogP contribution in [0, 0.1) is 0 Å². The predicted octanol–water partition coefficient (Wildman–Crippen LogP) is 1.77. The number of para-hydroxylation sites is 1. The first-order valence-electron chi connectivity index (χ1n) is 5.69. The molecule has 0 spiro atoms. The highest BCUT2D eigenvalue weighted by Gasteiger charge is 2.16. The molecule has 0 amide bonds. The summed E-state index contributed by atoms with van der Waals surface area (Å²) in [6, 6.07) is 8.04. The molecule has 1 saturated heterocycles. The van der Waals surface area contributed by atoms with Crippen molar-refractivity contribution in [3.05, 3.63) is 24.3 Å². The van der Waals surface area contributed by atoms with Gasteiger partial charge >= 0.3 is 0 Å². The molecule has 1 fully saturated rings. The number of rotatable bonds is 1. The minimum Gasteiger partial charge on any atom is -0.368 e. The van der Waals surface area contributed by atoms with E-state index in [4.69, 9.17) is 5.73 Å². The number of fused-ring (bicyclic) bond motifs is 1. The fraction of sp³-hybridized carbons (Fsp3) is 0.333. The molecule has 4 nitrogen and oxygen atoms in total. The molecule has 0 unspecified atom stereocenters. The van der Waals surface area contributed by atoms with Crippen LogP contribution in [-0.2, 0) is 0 Å². The van der Waals surface area contributed by atoms with Crippen LogP contribution < -0.4 is 10.6 Å². The Kier molecular flexibility index (Phi) is 2.76. The SMILES string of the molecule is Nc1nc(N2CCSCC2)c2ccccc2n1. The van der Waals surface area contributed by atoms with Gasteiger partial charge in [-0.05, 0) is 12.1 Å². The van der Waals surface area contributed by atoms with Gasteiger partial charge in [-0.15, -0.1) is 0 Å². The van der Waals surface area contributed by atoms with Crippen molar-refractivity contribution in [2.75, 3.05) is 35.2 Å². The standard InChI is InChI=1S/C12H14N4S/c13-12-14-10-4-2-1-3-9(10)11(15-12)16-5-7-17-8-6-16/h1-4H,5-8H2,(H2,13,14,15). The zero-order valence-electron chi connectivity index (χ0n) is 9.47. The maximum atomic E-state index is 5.78. The fourth-order valence-electron chi connectivity index (χ4n) is 2.09. The molecule has 3 rings (SSSR count). The van der Waals surface area contributed by atoms with Gasteiger partial charge in [0.1, 0.15) is 5.82 Å². The molecule has 0 aliphatic carbocycles. The van der Waals surface area contributed by atoms with E-state index in [1.165, 1.54) is 0 Å². The number of anilines is 2. The summed E-state index contributed by atoms with van der Waals surface area (Å²) in [6.45, 7) is 2.07. The highest BCUT2D eigenvalue weighted by Crippen LogP contribution is 2.26. The number of benzene rings is 1. The maximum Gasteiger partial charge on any atom is 0.222 e. The number of nitrogens with zero attached hydrogens (tertiary/aromatic N) is 3.